The van der Waals surface area contributed by atoms with Gasteiger partial charge in [0, 0.05) is 19.8 Å². The summed E-state index contributed by atoms with van der Waals surface area (Å²) in [7, 11) is 3.20. The van der Waals surface area contributed by atoms with Crippen LogP contribution in [-0.2, 0) is 16.0 Å². The van der Waals surface area contributed by atoms with E-state index >= 15 is 0 Å². The molecular formula is C12H15N3O2. The molecular weight excluding hydrogens is 218 g/mol. The monoisotopic (exact) mass is 233 g/mol. The van der Waals surface area contributed by atoms with Crippen LogP contribution in [0, 0.1) is 0 Å². The van der Waals surface area contributed by atoms with Gasteiger partial charge in [0.05, 0.1) is 12.7 Å². The van der Waals surface area contributed by atoms with Crippen molar-refractivity contribution in [2.45, 2.75) is 12.8 Å². The van der Waals surface area contributed by atoms with E-state index in [-0.39, 0.29) is 6.29 Å². The molecule has 0 bridgehead atoms. The molecule has 0 amide bonds. The van der Waals surface area contributed by atoms with Crippen LogP contribution in [0.15, 0.2) is 36.5 Å². The van der Waals surface area contributed by atoms with Crippen molar-refractivity contribution >= 4 is 0 Å². The maximum Gasteiger partial charge on any atom is 0.176 e. The molecule has 1 aromatic carbocycles. The normalized spacial score (nSPS) is 11.0. The molecule has 1 heterocycles. The van der Waals surface area contributed by atoms with Crippen LogP contribution in [0.1, 0.15) is 0 Å². The highest BCUT2D eigenvalue weighted by molar-refractivity contribution is 5.56. The average Bonchev–Trinajstić information content (AvgIpc) is 2.85. The molecule has 5 heteroatoms. The third-order valence-corrected chi connectivity index (χ3v) is 2.47. The van der Waals surface area contributed by atoms with E-state index in [0.29, 0.717) is 6.54 Å². The molecule has 0 saturated heterocycles. The Morgan fingerprint density at radius 1 is 1.18 bits per heavy atom. The highest BCUT2D eigenvalue weighted by Crippen LogP contribution is 2.14. The third-order valence-electron chi connectivity index (χ3n) is 2.47. The molecule has 0 N–H and O–H groups in total. The number of benzene rings is 1. The van der Waals surface area contributed by atoms with Crippen molar-refractivity contribution < 1.29 is 9.47 Å². The lowest BCUT2D eigenvalue weighted by Crippen LogP contribution is -2.20. The van der Waals surface area contributed by atoms with Crippen LogP contribution in [0.25, 0.3) is 11.3 Å². The molecule has 17 heavy (non-hydrogen) atoms. The van der Waals surface area contributed by atoms with Gasteiger partial charge in [0.25, 0.3) is 0 Å². The van der Waals surface area contributed by atoms with Crippen molar-refractivity contribution in [2.75, 3.05) is 14.2 Å². The number of rotatable bonds is 5. The van der Waals surface area contributed by atoms with Crippen LogP contribution in [0.2, 0.25) is 0 Å². The topological polar surface area (TPSA) is 49.2 Å². The van der Waals surface area contributed by atoms with Crippen LogP contribution in [0.3, 0.4) is 0 Å². The Bertz CT molecular complexity index is 452. The van der Waals surface area contributed by atoms with Gasteiger partial charge < -0.3 is 9.47 Å². The van der Waals surface area contributed by atoms with E-state index in [2.05, 4.69) is 10.3 Å². The van der Waals surface area contributed by atoms with E-state index in [4.69, 9.17) is 9.47 Å². The highest BCUT2D eigenvalue weighted by Gasteiger charge is 2.09. The molecule has 90 valence electrons. The maximum absolute atomic E-state index is 5.11. The predicted octanol–water partition coefficient (Wildman–Crippen LogP) is 1.56. The Morgan fingerprint density at radius 2 is 1.88 bits per heavy atom. The molecule has 0 spiro atoms. The lowest BCUT2D eigenvalue weighted by atomic mass is 10.2. The van der Waals surface area contributed by atoms with Gasteiger partial charge in [-0.25, -0.2) is 4.68 Å². The van der Waals surface area contributed by atoms with Crippen LogP contribution in [0.4, 0.5) is 0 Å². The molecule has 2 rings (SSSR count). The minimum absolute atomic E-state index is 0.305. The quantitative estimate of drug-likeness (QED) is 0.735. The van der Waals surface area contributed by atoms with E-state index < -0.39 is 0 Å². The standard InChI is InChI=1S/C12H15N3O2/c1-16-12(17-2)9-15-8-11(13-14-15)10-6-4-3-5-7-10/h3-8,12H,9H2,1-2H3. The van der Waals surface area contributed by atoms with Crippen molar-refractivity contribution in [1.82, 2.24) is 15.0 Å². The van der Waals surface area contributed by atoms with Gasteiger partial charge in [0.2, 0.25) is 0 Å². The second-order valence-corrected chi connectivity index (χ2v) is 3.59. The van der Waals surface area contributed by atoms with Crippen LogP contribution >= 0.6 is 0 Å². The summed E-state index contributed by atoms with van der Waals surface area (Å²) in [4.78, 5) is 0. The first-order chi connectivity index (χ1) is 8.33. The predicted molar refractivity (Wildman–Crippen MR) is 63.3 cm³/mol. The summed E-state index contributed by atoms with van der Waals surface area (Å²) in [5.74, 6) is 0. The van der Waals surface area contributed by atoms with E-state index in [0.717, 1.165) is 11.3 Å². The van der Waals surface area contributed by atoms with Crippen molar-refractivity contribution in [2.24, 2.45) is 0 Å². The number of methoxy groups -OCH3 is 2. The highest BCUT2D eigenvalue weighted by atomic mass is 16.7. The number of nitrogens with zero attached hydrogens (tertiary/aromatic N) is 3. The minimum Gasteiger partial charge on any atom is -0.354 e. The van der Waals surface area contributed by atoms with Gasteiger partial charge in [-0.1, -0.05) is 35.5 Å². The fraction of sp³-hybridized carbons (Fsp3) is 0.333. The molecule has 0 aliphatic rings. The van der Waals surface area contributed by atoms with Crippen molar-refractivity contribution in [1.29, 1.82) is 0 Å². The Labute approximate surface area is 100.0 Å². The Balaban J connectivity index is 2.11. The second kappa shape index (κ2) is 5.56. The van der Waals surface area contributed by atoms with Gasteiger partial charge in [-0.2, -0.15) is 0 Å². The Hall–Kier alpha value is -1.72. The maximum atomic E-state index is 5.11. The molecule has 0 aliphatic carbocycles. The summed E-state index contributed by atoms with van der Waals surface area (Å²) in [5.41, 5.74) is 1.89. The SMILES string of the molecule is COC(Cn1cc(-c2ccccc2)nn1)OC. The summed E-state index contributed by atoms with van der Waals surface area (Å²) in [6, 6.07) is 9.92. The molecule has 0 aliphatic heterocycles. The van der Waals surface area contributed by atoms with Crippen molar-refractivity contribution in [3.05, 3.63) is 36.5 Å². The van der Waals surface area contributed by atoms with Gasteiger partial charge >= 0.3 is 0 Å². The first-order valence-corrected chi connectivity index (χ1v) is 5.34. The van der Waals surface area contributed by atoms with Gasteiger partial charge in [0.1, 0.15) is 5.69 Å². The molecule has 0 atom stereocenters. The first kappa shape index (κ1) is 11.8. The van der Waals surface area contributed by atoms with Crippen LogP contribution in [0.5, 0.6) is 0 Å². The zero-order chi connectivity index (χ0) is 12.1. The summed E-state index contributed by atoms with van der Waals surface area (Å²) >= 11 is 0. The molecule has 2 aromatic rings. The molecule has 5 nitrogen and oxygen atoms in total. The van der Waals surface area contributed by atoms with E-state index in [1.54, 1.807) is 18.9 Å². The summed E-state index contributed by atoms with van der Waals surface area (Å²) in [5, 5.41) is 8.14. The van der Waals surface area contributed by atoms with E-state index in [9.17, 15) is 0 Å². The molecule has 0 unspecified atom stereocenters. The molecule has 0 fully saturated rings. The summed E-state index contributed by atoms with van der Waals surface area (Å²) < 4.78 is 11.9. The van der Waals surface area contributed by atoms with Gasteiger partial charge in [-0.3, -0.25) is 0 Å². The van der Waals surface area contributed by atoms with Crippen LogP contribution in [-0.4, -0.2) is 35.5 Å². The van der Waals surface area contributed by atoms with Crippen molar-refractivity contribution in [3.63, 3.8) is 0 Å². The molecule has 0 saturated carbocycles. The fourth-order valence-electron chi connectivity index (χ4n) is 1.53. The average molecular weight is 233 g/mol. The Morgan fingerprint density at radius 3 is 2.53 bits per heavy atom. The first-order valence-electron chi connectivity index (χ1n) is 5.34. The van der Waals surface area contributed by atoms with Gasteiger partial charge in [0.15, 0.2) is 6.29 Å². The number of hydrogen-bond donors (Lipinski definition) is 0. The summed E-state index contributed by atoms with van der Waals surface area (Å²) in [6.07, 6.45) is 1.57. The van der Waals surface area contributed by atoms with Gasteiger partial charge in [-0.05, 0) is 0 Å². The van der Waals surface area contributed by atoms with Crippen LogP contribution < -0.4 is 0 Å². The van der Waals surface area contributed by atoms with E-state index in [1.807, 2.05) is 36.5 Å². The second-order valence-electron chi connectivity index (χ2n) is 3.59. The lowest BCUT2D eigenvalue weighted by Gasteiger charge is -2.11. The van der Waals surface area contributed by atoms with Gasteiger partial charge in [-0.15, -0.1) is 5.10 Å². The van der Waals surface area contributed by atoms with E-state index in [1.165, 1.54) is 0 Å². The zero-order valence-corrected chi connectivity index (χ0v) is 9.91. The lowest BCUT2D eigenvalue weighted by molar-refractivity contribution is -0.112. The zero-order valence-electron chi connectivity index (χ0n) is 9.91. The third kappa shape index (κ3) is 2.89. The number of aromatic nitrogens is 3. The minimum atomic E-state index is -0.305. The largest absolute Gasteiger partial charge is 0.354 e. The Kier molecular flexibility index (Phi) is 3.85. The summed E-state index contributed by atoms with van der Waals surface area (Å²) in [6.45, 7) is 0.521. The number of hydrogen-bond acceptors (Lipinski definition) is 4. The fourth-order valence-corrected chi connectivity index (χ4v) is 1.53. The smallest absolute Gasteiger partial charge is 0.176 e. The molecule has 1 aromatic heterocycles. The molecule has 0 radical (unpaired) electrons. The van der Waals surface area contributed by atoms with Crippen molar-refractivity contribution in [3.8, 4) is 11.3 Å². The number of ether oxygens (including phenoxy) is 2.